The SMILES string of the molecule is COc1ccc(C(=O)O)cc1CC1CCN(C(=O)c2c(C)ncnc2C)C1.O=CO. The van der Waals surface area contributed by atoms with Crippen molar-refractivity contribution in [2.24, 2.45) is 5.92 Å². The Bertz CT molecular complexity index is 911. The van der Waals surface area contributed by atoms with Gasteiger partial charge in [-0.05, 0) is 56.4 Å². The molecule has 2 aromatic rings. The van der Waals surface area contributed by atoms with Gasteiger partial charge in [0.05, 0.1) is 29.6 Å². The fourth-order valence-corrected chi connectivity index (χ4v) is 3.63. The lowest BCUT2D eigenvalue weighted by molar-refractivity contribution is -0.122. The molecule has 30 heavy (non-hydrogen) atoms. The minimum Gasteiger partial charge on any atom is -0.496 e. The molecule has 0 bridgehead atoms. The molecule has 1 amide bonds. The topological polar surface area (TPSA) is 130 Å². The molecule has 1 aromatic carbocycles. The van der Waals surface area contributed by atoms with E-state index in [9.17, 15) is 14.7 Å². The van der Waals surface area contributed by atoms with Crippen molar-refractivity contribution < 1.29 is 29.3 Å². The number of likely N-dealkylation sites (tertiary alicyclic amines) is 1. The summed E-state index contributed by atoms with van der Waals surface area (Å²) in [5.74, 6) is -0.0819. The standard InChI is InChI=1S/C20H23N3O4.CH2O2/c1-12-18(13(2)22-11-21-12)19(24)23-7-6-14(10-23)8-16-9-15(20(25)26)4-5-17(16)27-3;2-1-3/h4-5,9,11,14H,6-8,10H2,1-3H3,(H,25,26);1H,(H,2,3). The van der Waals surface area contributed by atoms with E-state index in [0.29, 0.717) is 42.2 Å². The van der Waals surface area contributed by atoms with Gasteiger partial charge in [0.1, 0.15) is 12.1 Å². The van der Waals surface area contributed by atoms with Crippen molar-refractivity contribution in [3.8, 4) is 5.75 Å². The molecule has 0 spiro atoms. The number of carbonyl (C=O) groups excluding carboxylic acids is 1. The molecule has 1 aliphatic heterocycles. The highest BCUT2D eigenvalue weighted by Crippen LogP contribution is 2.28. The third kappa shape index (κ3) is 5.31. The van der Waals surface area contributed by atoms with E-state index in [0.717, 1.165) is 12.0 Å². The van der Waals surface area contributed by atoms with Crippen molar-refractivity contribution in [2.75, 3.05) is 20.2 Å². The summed E-state index contributed by atoms with van der Waals surface area (Å²) in [6.45, 7) is 4.67. The number of aromatic nitrogens is 2. The number of aromatic carboxylic acids is 1. The summed E-state index contributed by atoms with van der Waals surface area (Å²) in [6.07, 6.45) is 2.99. The highest BCUT2D eigenvalue weighted by molar-refractivity contribution is 5.96. The molecule has 1 unspecified atom stereocenters. The van der Waals surface area contributed by atoms with E-state index in [4.69, 9.17) is 14.6 Å². The van der Waals surface area contributed by atoms with Gasteiger partial charge in [-0.25, -0.2) is 14.8 Å². The maximum atomic E-state index is 12.9. The van der Waals surface area contributed by atoms with Crippen molar-refractivity contribution >= 4 is 18.3 Å². The second kappa shape index (κ2) is 10.3. The van der Waals surface area contributed by atoms with Crippen LogP contribution in [-0.2, 0) is 11.2 Å². The minimum absolute atomic E-state index is 0.0423. The number of hydrogen-bond acceptors (Lipinski definition) is 6. The summed E-state index contributed by atoms with van der Waals surface area (Å²) in [5, 5.41) is 16.1. The molecular weight excluding hydrogens is 390 g/mol. The van der Waals surface area contributed by atoms with Gasteiger partial charge in [-0.3, -0.25) is 9.59 Å². The lowest BCUT2D eigenvalue weighted by Crippen LogP contribution is -2.30. The van der Waals surface area contributed by atoms with Gasteiger partial charge in [0.25, 0.3) is 12.4 Å². The molecule has 1 atom stereocenters. The Morgan fingerprint density at radius 1 is 1.27 bits per heavy atom. The van der Waals surface area contributed by atoms with Crippen molar-refractivity contribution in [3.63, 3.8) is 0 Å². The molecule has 0 aliphatic carbocycles. The molecule has 0 radical (unpaired) electrons. The van der Waals surface area contributed by atoms with Crippen LogP contribution in [0.5, 0.6) is 5.75 Å². The Morgan fingerprint density at radius 2 is 1.90 bits per heavy atom. The maximum Gasteiger partial charge on any atom is 0.335 e. The largest absolute Gasteiger partial charge is 0.496 e. The van der Waals surface area contributed by atoms with Crippen LogP contribution in [0.1, 0.15) is 44.1 Å². The smallest absolute Gasteiger partial charge is 0.335 e. The van der Waals surface area contributed by atoms with E-state index in [2.05, 4.69) is 9.97 Å². The number of benzene rings is 1. The zero-order chi connectivity index (χ0) is 22.3. The summed E-state index contributed by atoms with van der Waals surface area (Å²) >= 11 is 0. The highest BCUT2D eigenvalue weighted by Gasteiger charge is 2.29. The van der Waals surface area contributed by atoms with E-state index in [-0.39, 0.29) is 23.9 Å². The van der Waals surface area contributed by atoms with E-state index in [1.54, 1.807) is 19.2 Å². The van der Waals surface area contributed by atoms with Crippen LogP contribution in [0.25, 0.3) is 0 Å². The first kappa shape index (κ1) is 22.8. The molecule has 1 aliphatic rings. The molecule has 2 N–H and O–H groups in total. The Morgan fingerprint density at radius 3 is 2.47 bits per heavy atom. The summed E-state index contributed by atoms with van der Waals surface area (Å²) in [6, 6.07) is 4.88. The second-order valence-electron chi connectivity index (χ2n) is 6.97. The van der Waals surface area contributed by atoms with Crippen LogP contribution in [0.4, 0.5) is 0 Å². The van der Waals surface area contributed by atoms with Crippen LogP contribution in [0.3, 0.4) is 0 Å². The Kier molecular flexibility index (Phi) is 7.85. The molecular formula is C21H25N3O6. The van der Waals surface area contributed by atoms with Gasteiger partial charge in [-0.15, -0.1) is 0 Å². The summed E-state index contributed by atoms with van der Waals surface area (Å²) in [5.41, 5.74) is 3.04. The fourth-order valence-electron chi connectivity index (χ4n) is 3.63. The average molecular weight is 415 g/mol. The number of methoxy groups -OCH3 is 1. The van der Waals surface area contributed by atoms with Gasteiger partial charge in [0.15, 0.2) is 0 Å². The van der Waals surface area contributed by atoms with Crippen LogP contribution in [-0.4, -0.2) is 63.6 Å². The van der Waals surface area contributed by atoms with Crippen molar-refractivity contribution in [3.05, 3.63) is 52.6 Å². The van der Waals surface area contributed by atoms with Crippen molar-refractivity contribution in [1.82, 2.24) is 14.9 Å². The zero-order valence-electron chi connectivity index (χ0n) is 17.2. The van der Waals surface area contributed by atoms with Crippen LogP contribution < -0.4 is 4.74 Å². The first-order valence-electron chi connectivity index (χ1n) is 9.37. The lowest BCUT2D eigenvalue weighted by atomic mass is 9.96. The van der Waals surface area contributed by atoms with E-state index in [1.807, 2.05) is 18.7 Å². The molecule has 1 aromatic heterocycles. The first-order valence-corrected chi connectivity index (χ1v) is 9.37. The lowest BCUT2D eigenvalue weighted by Gasteiger charge is -2.19. The second-order valence-corrected chi connectivity index (χ2v) is 6.97. The third-order valence-electron chi connectivity index (χ3n) is 5.05. The van der Waals surface area contributed by atoms with Crippen LogP contribution >= 0.6 is 0 Å². The molecule has 2 heterocycles. The van der Waals surface area contributed by atoms with Crippen molar-refractivity contribution in [1.29, 1.82) is 0 Å². The van der Waals surface area contributed by atoms with Crippen LogP contribution in [0.2, 0.25) is 0 Å². The molecule has 1 saturated heterocycles. The molecule has 0 saturated carbocycles. The van der Waals surface area contributed by atoms with E-state index < -0.39 is 5.97 Å². The number of carboxylic acids is 1. The summed E-state index contributed by atoms with van der Waals surface area (Å²) < 4.78 is 5.38. The Balaban J connectivity index is 0.00000101. The molecule has 9 heteroatoms. The Hall–Kier alpha value is -3.49. The highest BCUT2D eigenvalue weighted by atomic mass is 16.5. The van der Waals surface area contributed by atoms with Gasteiger partial charge in [-0.2, -0.15) is 0 Å². The molecule has 9 nitrogen and oxygen atoms in total. The monoisotopic (exact) mass is 415 g/mol. The van der Waals surface area contributed by atoms with Gasteiger partial charge < -0.3 is 19.8 Å². The number of hydrogen-bond donors (Lipinski definition) is 2. The zero-order valence-corrected chi connectivity index (χ0v) is 17.2. The number of carboxylic acid groups (broad SMARTS) is 2. The third-order valence-corrected chi connectivity index (χ3v) is 5.05. The normalized spacial score (nSPS) is 15.2. The fraction of sp³-hybridized carbons (Fsp3) is 0.381. The quantitative estimate of drug-likeness (QED) is 0.711. The number of amides is 1. The average Bonchev–Trinajstić information content (AvgIpc) is 3.17. The molecule has 160 valence electrons. The summed E-state index contributed by atoms with van der Waals surface area (Å²) in [7, 11) is 1.57. The van der Waals surface area contributed by atoms with Gasteiger partial charge in [0, 0.05) is 13.1 Å². The van der Waals surface area contributed by atoms with Crippen LogP contribution in [0, 0.1) is 19.8 Å². The predicted octanol–water partition coefficient (Wildman–Crippen LogP) is 2.21. The maximum absolute atomic E-state index is 12.9. The number of rotatable bonds is 5. The number of carbonyl (C=O) groups is 3. The minimum atomic E-state index is -0.961. The molecule has 1 fully saturated rings. The first-order chi connectivity index (χ1) is 14.3. The molecule has 3 rings (SSSR count). The van der Waals surface area contributed by atoms with Crippen molar-refractivity contribution in [2.45, 2.75) is 26.7 Å². The van der Waals surface area contributed by atoms with E-state index in [1.165, 1.54) is 12.4 Å². The van der Waals surface area contributed by atoms with Gasteiger partial charge in [-0.1, -0.05) is 0 Å². The van der Waals surface area contributed by atoms with Gasteiger partial charge in [0.2, 0.25) is 0 Å². The number of nitrogens with zero attached hydrogens (tertiary/aromatic N) is 3. The van der Waals surface area contributed by atoms with Gasteiger partial charge >= 0.3 is 5.97 Å². The predicted molar refractivity (Wildman–Crippen MR) is 108 cm³/mol. The summed E-state index contributed by atoms with van der Waals surface area (Å²) in [4.78, 5) is 42.6. The number of ether oxygens (including phenoxy) is 1. The Labute approximate surface area is 174 Å². The van der Waals surface area contributed by atoms with Crippen LogP contribution in [0.15, 0.2) is 24.5 Å². The number of aryl methyl sites for hydroxylation is 2. The van der Waals surface area contributed by atoms with E-state index >= 15 is 0 Å².